The van der Waals surface area contributed by atoms with Crippen LogP contribution < -0.4 is 5.32 Å². The van der Waals surface area contributed by atoms with Crippen LogP contribution in [-0.2, 0) is 4.79 Å². The predicted octanol–water partition coefficient (Wildman–Crippen LogP) is -1.61. The van der Waals surface area contributed by atoms with Gasteiger partial charge in [0.1, 0.15) is 13.3 Å². The fraction of sp³-hybridized carbons (Fsp3) is 0.833. The van der Waals surface area contributed by atoms with Crippen LogP contribution in [0.25, 0.3) is 0 Å². The van der Waals surface area contributed by atoms with Gasteiger partial charge < -0.3 is 15.5 Å². The molecule has 0 aromatic heterocycles. The molecule has 0 unspecified atom stereocenters. The van der Waals surface area contributed by atoms with Gasteiger partial charge in [0.25, 0.3) is 0 Å². The molecule has 1 atom stereocenters. The minimum atomic E-state index is -1.21. The lowest BCUT2D eigenvalue weighted by atomic mass is 9.78. The van der Waals surface area contributed by atoms with Gasteiger partial charge in [0.2, 0.25) is 0 Å². The molecule has 0 aliphatic rings. The first-order valence-electron chi connectivity index (χ1n) is 3.54. The van der Waals surface area contributed by atoms with Gasteiger partial charge in [0.05, 0.1) is 6.61 Å². The summed E-state index contributed by atoms with van der Waals surface area (Å²) < 4.78 is 0. The summed E-state index contributed by atoms with van der Waals surface area (Å²) in [7, 11) is 1.45. The standard InChI is InChI=1S/C6H14BNO3/c1-4(2)8-6(7,3-9)5(10)11/h4,8-9H,3,7H2,1-2H3,(H,10,11)/t6-/m1/s1. The lowest BCUT2D eigenvalue weighted by Crippen LogP contribution is -2.58. The first kappa shape index (κ1) is 10.5. The van der Waals surface area contributed by atoms with E-state index in [-0.39, 0.29) is 6.04 Å². The summed E-state index contributed by atoms with van der Waals surface area (Å²) in [5.41, 5.74) is -1.21. The van der Waals surface area contributed by atoms with Crippen LogP contribution in [0.15, 0.2) is 0 Å². The molecule has 0 aliphatic carbocycles. The van der Waals surface area contributed by atoms with Crippen LogP contribution in [0.1, 0.15) is 13.8 Å². The molecule has 4 nitrogen and oxygen atoms in total. The number of nitrogens with one attached hydrogen (secondary N) is 1. The monoisotopic (exact) mass is 159 g/mol. The van der Waals surface area contributed by atoms with Crippen molar-refractivity contribution >= 4 is 13.8 Å². The van der Waals surface area contributed by atoms with E-state index in [4.69, 9.17) is 10.2 Å². The van der Waals surface area contributed by atoms with Crippen LogP contribution in [0.4, 0.5) is 0 Å². The number of aliphatic carboxylic acids is 1. The fourth-order valence-electron chi connectivity index (χ4n) is 0.812. The third-order valence-electron chi connectivity index (χ3n) is 1.40. The molecular weight excluding hydrogens is 145 g/mol. The van der Waals surface area contributed by atoms with Crippen molar-refractivity contribution in [2.24, 2.45) is 0 Å². The van der Waals surface area contributed by atoms with Gasteiger partial charge in [-0.25, -0.2) is 0 Å². The SMILES string of the molecule is B[C@](CO)(NC(C)C)C(=O)O. The summed E-state index contributed by atoms with van der Waals surface area (Å²) in [4.78, 5) is 10.6. The highest BCUT2D eigenvalue weighted by molar-refractivity contribution is 6.27. The van der Waals surface area contributed by atoms with E-state index < -0.39 is 18.0 Å². The lowest BCUT2D eigenvalue weighted by Gasteiger charge is -2.26. The van der Waals surface area contributed by atoms with Crippen LogP contribution in [0.2, 0.25) is 0 Å². The van der Waals surface area contributed by atoms with Gasteiger partial charge in [-0.15, -0.1) is 0 Å². The zero-order valence-corrected chi connectivity index (χ0v) is 7.09. The predicted molar refractivity (Wildman–Crippen MR) is 44.3 cm³/mol. The molecule has 0 aliphatic heterocycles. The molecule has 64 valence electrons. The second-order valence-electron chi connectivity index (χ2n) is 3.09. The molecule has 0 radical (unpaired) electrons. The maximum Gasteiger partial charge on any atom is 0.317 e. The van der Waals surface area contributed by atoms with Crippen molar-refractivity contribution in [1.29, 1.82) is 0 Å². The minimum Gasteiger partial charge on any atom is -0.480 e. The largest absolute Gasteiger partial charge is 0.480 e. The number of hydrogen-bond acceptors (Lipinski definition) is 3. The maximum atomic E-state index is 10.6. The molecule has 0 aromatic carbocycles. The molecule has 0 saturated carbocycles. The highest BCUT2D eigenvalue weighted by Crippen LogP contribution is 1.99. The van der Waals surface area contributed by atoms with E-state index in [2.05, 4.69) is 5.32 Å². The van der Waals surface area contributed by atoms with Crippen molar-refractivity contribution < 1.29 is 15.0 Å². The minimum absolute atomic E-state index is 0.0447. The third kappa shape index (κ3) is 2.90. The Bertz CT molecular complexity index is 151. The zero-order valence-electron chi connectivity index (χ0n) is 7.09. The van der Waals surface area contributed by atoms with Crippen LogP contribution in [0, 0.1) is 0 Å². The highest BCUT2D eigenvalue weighted by atomic mass is 16.4. The zero-order chi connectivity index (χ0) is 9.07. The van der Waals surface area contributed by atoms with Crippen LogP contribution >= 0.6 is 0 Å². The molecule has 0 heterocycles. The molecule has 0 spiro atoms. The normalized spacial score (nSPS) is 16.4. The average molecular weight is 159 g/mol. The first-order chi connectivity index (χ1) is 4.92. The van der Waals surface area contributed by atoms with E-state index in [1.54, 1.807) is 0 Å². The Hall–Kier alpha value is -0.545. The van der Waals surface area contributed by atoms with Crippen molar-refractivity contribution in [3.63, 3.8) is 0 Å². The van der Waals surface area contributed by atoms with Crippen molar-refractivity contribution in [1.82, 2.24) is 5.32 Å². The number of aliphatic hydroxyl groups is 1. The van der Waals surface area contributed by atoms with Crippen molar-refractivity contribution in [3.05, 3.63) is 0 Å². The first-order valence-corrected chi connectivity index (χ1v) is 3.54. The smallest absolute Gasteiger partial charge is 0.317 e. The lowest BCUT2D eigenvalue weighted by molar-refractivity contribution is -0.142. The Labute approximate surface area is 67.0 Å². The van der Waals surface area contributed by atoms with Gasteiger partial charge in [0, 0.05) is 6.04 Å². The quantitative estimate of drug-likeness (QED) is 0.431. The Morgan fingerprint density at radius 2 is 2.18 bits per heavy atom. The Kier molecular flexibility index (Phi) is 3.55. The molecule has 11 heavy (non-hydrogen) atoms. The summed E-state index contributed by atoms with van der Waals surface area (Å²) in [6.45, 7) is 3.26. The van der Waals surface area contributed by atoms with Crippen molar-refractivity contribution in [2.45, 2.75) is 25.3 Å². The summed E-state index contributed by atoms with van der Waals surface area (Å²) in [6.07, 6.45) is 0. The topological polar surface area (TPSA) is 69.6 Å². The number of carbonyl (C=O) groups is 1. The van der Waals surface area contributed by atoms with Crippen LogP contribution in [0.5, 0.6) is 0 Å². The fourth-order valence-corrected chi connectivity index (χ4v) is 0.812. The highest BCUT2D eigenvalue weighted by Gasteiger charge is 2.32. The molecule has 0 aromatic rings. The van der Waals surface area contributed by atoms with Crippen LogP contribution in [-0.4, -0.2) is 42.1 Å². The van der Waals surface area contributed by atoms with Gasteiger partial charge in [0.15, 0.2) is 0 Å². The van der Waals surface area contributed by atoms with E-state index >= 15 is 0 Å². The second-order valence-corrected chi connectivity index (χ2v) is 3.09. The Balaban J connectivity index is 4.22. The van der Waals surface area contributed by atoms with E-state index in [9.17, 15) is 4.79 Å². The van der Waals surface area contributed by atoms with Gasteiger partial charge in [-0.3, -0.25) is 4.79 Å². The van der Waals surface area contributed by atoms with E-state index in [0.717, 1.165) is 0 Å². The average Bonchev–Trinajstić information content (AvgIpc) is 1.86. The number of aliphatic hydroxyl groups excluding tert-OH is 1. The van der Waals surface area contributed by atoms with Crippen molar-refractivity contribution in [3.8, 4) is 0 Å². The van der Waals surface area contributed by atoms with Gasteiger partial charge in [-0.2, -0.15) is 0 Å². The van der Waals surface area contributed by atoms with Gasteiger partial charge >= 0.3 is 5.97 Å². The summed E-state index contributed by atoms with van der Waals surface area (Å²) in [6, 6.07) is 0.0447. The number of carboxylic acids is 1. The van der Waals surface area contributed by atoms with Crippen molar-refractivity contribution in [2.75, 3.05) is 6.61 Å². The number of rotatable bonds is 4. The summed E-state index contributed by atoms with van der Waals surface area (Å²) in [5.74, 6) is -1.03. The molecule has 0 bridgehead atoms. The van der Waals surface area contributed by atoms with E-state index in [1.807, 2.05) is 13.8 Å². The molecule has 0 fully saturated rings. The molecular formula is C6H14BNO3. The molecule has 0 saturated heterocycles. The summed E-state index contributed by atoms with van der Waals surface area (Å²) >= 11 is 0. The molecule has 5 heteroatoms. The maximum absolute atomic E-state index is 10.6. The second kappa shape index (κ2) is 3.73. The Morgan fingerprint density at radius 3 is 2.27 bits per heavy atom. The van der Waals surface area contributed by atoms with Gasteiger partial charge in [-0.05, 0) is 0 Å². The molecule has 3 N–H and O–H groups in total. The molecule has 0 amide bonds. The molecule has 0 rings (SSSR count). The third-order valence-corrected chi connectivity index (χ3v) is 1.40. The van der Waals surface area contributed by atoms with Gasteiger partial charge in [-0.1, -0.05) is 13.8 Å². The van der Waals surface area contributed by atoms with E-state index in [1.165, 1.54) is 7.85 Å². The summed E-state index contributed by atoms with van der Waals surface area (Å²) in [5, 5.41) is 20.2. The number of carboxylic acid groups (broad SMARTS) is 1. The number of hydrogen-bond donors (Lipinski definition) is 3. The Morgan fingerprint density at radius 1 is 1.73 bits per heavy atom. The van der Waals surface area contributed by atoms with Crippen LogP contribution in [0.3, 0.4) is 0 Å². The van der Waals surface area contributed by atoms with E-state index in [0.29, 0.717) is 0 Å².